The number of para-hydroxylation sites is 1. The molecule has 0 amide bonds. The molecular formula is C63H55N31O18S5. The molecule has 4 aromatic carbocycles. The SMILES string of the molecule is Cc1[nH]n2c(-n3cccn3)nnc2c1N=Nc1c(C#N)cnn1-c1cc(S(=O)(=O)O)ccc1S(=O)(=O)O.Cc1[nH]n2c(C(C)N3CCOCC3)nnc2c1N=Nc1c(C#N)cnn1-c1cc(S(=O)(=O)O)ccc1S(=O)(=O)O.Cc1[nH]n2c(C(C)Nc3cccc(C(=O)O)c3)nnc2c1N=Nc1c(C#N)cnn1-c1ccccc1S(=O)(=O)O. The molecule has 0 saturated carbocycles. The molecule has 0 aliphatic carbocycles. The molecule has 15 rings (SSSR count). The predicted molar refractivity (Wildman–Crippen MR) is 396 cm³/mol. The second-order valence-corrected chi connectivity index (χ2v) is 31.8. The van der Waals surface area contributed by atoms with Crippen LogP contribution in [0.4, 0.5) is 40.2 Å². The van der Waals surface area contributed by atoms with Crippen molar-refractivity contribution >= 4 is 114 Å². The second kappa shape index (κ2) is 31.6. The number of aromatic nitrogens is 20. The summed E-state index contributed by atoms with van der Waals surface area (Å²) in [6, 6.07) is 23.4. The van der Waals surface area contributed by atoms with Crippen LogP contribution in [-0.2, 0) is 55.3 Å². The van der Waals surface area contributed by atoms with Crippen LogP contribution in [0.3, 0.4) is 0 Å². The lowest BCUT2D eigenvalue weighted by Gasteiger charge is -2.30. The number of nitrogens with zero attached hydrogens (tertiary/aromatic N) is 27. The Morgan fingerprint density at radius 2 is 0.940 bits per heavy atom. The first kappa shape index (κ1) is 80.8. The van der Waals surface area contributed by atoms with Gasteiger partial charge in [-0.1, -0.05) is 18.2 Å². The fourth-order valence-corrected chi connectivity index (χ4v) is 14.7. The molecule has 1 aliphatic rings. The molecule has 2 atom stereocenters. The van der Waals surface area contributed by atoms with E-state index in [4.69, 9.17) is 4.74 Å². The maximum absolute atomic E-state index is 12.0. The average Bonchev–Trinajstić information content (AvgIpc) is 1.59. The van der Waals surface area contributed by atoms with Crippen LogP contribution in [0.2, 0.25) is 0 Å². The average molecular weight is 1690 g/mol. The number of rotatable bonds is 21. The van der Waals surface area contributed by atoms with E-state index in [1.54, 1.807) is 66.5 Å². The van der Waals surface area contributed by atoms with Crippen molar-refractivity contribution in [1.82, 2.24) is 103 Å². The van der Waals surface area contributed by atoms with Crippen LogP contribution < -0.4 is 5.32 Å². The summed E-state index contributed by atoms with van der Waals surface area (Å²) >= 11 is 0. The highest BCUT2D eigenvalue weighted by molar-refractivity contribution is 7.87. The van der Waals surface area contributed by atoms with E-state index in [-0.39, 0.29) is 68.5 Å². The highest BCUT2D eigenvalue weighted by Crippen LogP contribution is 2.38. The molecule has 117 heavy (non-hydrogen) atoms. The van der Waals surface area contributed by atoms with E-state index in [9.17, 15) is 90.5 Å². The minimum atomic E-state index is -4.90. The van der Waals surface area contributed by atoms with Crippen LogP contribution in [0.5, 0.6) is 0 Å². The normalized spacial score (nSPS) is 13.7. The van der Waals surface area contributed by atoms with Crippen LogP contribution >= 0.6 is 0 Å². The molecule has 14 aromatic rings. The van der Waals surface area contributed by atoms with Crippen molar-refractivity contribution in [2.45, 2.75) is 71.2 Å². The fourth-order valence-electron chi connectivity index (χ4n) is 11.8. The summed E-state index contributed by atoms with van der Waals surface area (Å²) in [5.74, 6) is -0.254. The van der Waals surface area contributed by atoms with Crippen molar-refractivity contribution in [3.05, 3.63) is 173 Å². The van der Waals surface area contributed by atoms with Gasteiger partial charge in [0, 0.05) is 31.2 Å². The number of benzene rings is 4. The maximum Gasteiger partial charge on any atom is 0.335 e. The predicted octanol–water partition coefficient (Wildman–Crippen LogP) is 7.20. The Bertz CT molecular complexity index is 7140. The van der Waals surface area contributed by atoms with Crippen molar-refractivity contribution in [2.24, 2.45) is 30.7 Å². The van der Waals surface area contributed by atoms with Gasteiger partial charge in [-0.15, -0.1) is 61.3 Å². The van der Waals surface area contributed by atoms with Crippen molar-refractivity contribution in [3.8, 4) is 41.2 Å². The number of azo groups is 3. The zero-order valence-corrected chi connectivity index (χ0v) is 64.3. The van der Waals surface area contributed by atoms with Gasteiger partial charge in [0.05, 0.1) is 93.4 Å². The summed E-state index contributed by atoms with van der Waals surface area (Å²) in [7, 11) is -23.9. The molecule has 1 aliphatic heterocycles. The van der Waals surface area contributed by atoms with Gasteiger partial charge in [0.25, 0.3) is 56.5 Å². The quantitative estimate of drug-likeness (QED) is 0.0251. The number of carbonyl (C=O) groups is 1. The summed E-state index contributed by atoms with van der Waals surface area (Å²) in [5, 5.41) is 117. The Hall–Kier alpha value is -14.2. The van der Waals surface area contributed by atoms with Crippen molar-refractivity contribution in [3.63, 3.8) is 0 Å². The first-order valence-electron chi connectivity index (χ1n) is 33.1. The van der Waals surface area contributed by atoms with Gasteiger partial charge in [0.2, 0.25) is 16.9 Å². The van der Waals surface area contributed by atoms with Gasteiger partial charge < -0.3 is 15.2 Å². The van der Waals surface area contributed by atoms with Gasteiger partial charge in [-0.2, -0.15) is 82.8 Å². The van der Waals surface area contributed by atoms with Crippen LogP contribution in [0.15, 0.2) is 177 Å². The van der Waals surface area contributed by atoms with E-state index in [1.807, 2.05) is 32.1 Å². The highest BCUT2D eigenvalue weighted by Gasteiger charge is 2.31. The number of H-pyrrole nitrogens is 3. The Morgan fingerprint density at radius 3 is 1.39 bits per heavy atom. The lowest BCUT2D eigenvalue weighted by Crippen LogP contribution is -2.38. The molecular weight excluding hydrogens is 1640 g/mol. The lowest BCUT2D eigenvalue weighted by molar-refractivity contribution is 0.0178. The molecule has 10 N–H and O–H groups in total. The standard InChI is InChI=1S/C24H20N10O5S.C21H22N10O7S2.C18H13N11O6S2/c1-13-20(23-31-29-21(34(23)32-13)14(2)27-17-7-5-6-15(10-17)24(35)36)28-30-22-16(11-25)12-26-33(22)18-8-3-4-9-19(18)40(37,38)39;1-12-18(21-27-25-19(31(21)28-12)13(2)29-5-7-38-8-6-29)24-26-20-14(10-22)11-23-30(20)16-9-15(39(32,33)34)3-4-17(16)40(35,36)37;1-10-15(17-24-25-18(29(17)26-10)27-6-2-5-20-27)22-23-16-11(8-19)9-21-28(16)13-7-12(36(30,31)32)3-4-14(13)37(33,34)35/h3-10,12,14,27,32H,1-2H3,(H,35,36)(H,37,38,39);3-4,9,11,13,28H,5-8H2,1-2H3,(H,32,33,34)(H,35,36,37);2-7,9,26H,1H3,(H,30,31,32)(H,33,34,35). The number of hydrogen-bond donors (Lipinski definition) is 10. The van der Waals surface area contributed by atoms with Crippen molar-refractivity contribution in [2.75, 3.05) is 31.6 Å². The topological polar surface area (TPSA) is 688 Å². The van der Waals surface area contributed by atoms with Crippen LogP contribution in [0, 0.1) is 54.8 Å². The number of anilines is 1. The Morgan fingerprint density at radius 1 is 0.504 bits per heavy atom. The number of carboxylic acids is 1. The highest BCUT2D eigenvalue weighted by atomic mass is 32.2. The molecule has 600 valence electrons. The Balaban J connectivity index is 0.000000153. The zero-order valence-electron chi connectivity index (χ0n) is 60.2. The van der Waals surface area contributed by atoms with E-state index in [1.165, 1.54) is 45.7 Å². The monoisotopic (exact) mass is 1690 g/mol. The summed E-state index contributed by atoms with van der Waals surface area (Å²) in [5.41, 5.74) is 2.73. The molecule has 1 fully saturated rings. The summed E-state index contributed by atoms with van der Waals surface area (Å²) in [6.07, 6.45) is 6.51. The largest absolute Gasteiger partial charge is 0.478 e. The third-order valence-electron chi connectivity index (χ3n) is 17.3. The maximum atomic E-state index is 12.0. The summed E-state index contributed by atoms with van der Waals surface area (Å²) < 4.78 is 181. The summed E-state index contributed by atoms with van der Waals surface area (Å²) in [6.45, 7) is 11.6. The van der Waals surface area contributed by atoms with Gasteiger partial charge in [-0.05, 0) is 107 Å². The molecule has 49 nitrogen and oxygen atoms in total. The number of hydrogen-bond acceptors (Lipinski definition) is 33. The third kappa shape index (κ3) is 16.4. The molecule has 1 saturated heterocycles. The molecule has 11 heterocycles. The second-order valence-electron chi connectivity index (χ2n) is 24.8. The first-order chi connectivity index (χ1) is 55.5. The number of nitrogens with one attached hydrogen (secondary N) is 4. The molecule has 0 radical (unpaired) electrons. The third-order valence-corrected chi connectivity index (χ3v) is 21.7. The minimum Gasteiger partial charge on any atom is -0.478 e. The van der Waals surface area contributed by atoms with E-state index < -0.39 is 98.5 Å². The molecule has 54 heteroatoms. The van der Waals surface area contributed by atoms with E-state index in [0.29, 0.717) is 70.6 Å². The fraction of sp³-hybridized carbons (Fsp3) is 0.175. The number of fused-ring (bicyclic) bond motifs is 3. The number of aromatic amines is 3. The number of aromatic carboxylic acids is 1. The van der Waals surface area contributed by atoms with E-state index in [2.05, 4.69) is 107 Å². The van der Waals surface area contributed by atoms with Crippen molar-refractivity contribution in [1.29, 1.82) is 15.8 Å². The van der Waals surface area contributed by atoms with Gasteiger partial charge in [0.1, 0.15) is 49.6 Å². The molecule has 2 unspecified atom stereocenters. The Labute approximate surface area is 656 Å². The summed E-state index contributed by atoms with van der Waals surface area (Å²) in [4.78, 5) is 10.2. The van der Waals surface area contributed by atoms with Gasteiger partial charge >= 0.3 is 5.97 Å². The smallest absolute Gasteiger partial charge is 0.335 e. The first-order valence-corrected chi connectivity index (χ1v) is 40.3. The molecule has 0 bridgehead atoms. The zero-order chi connectivity index (χ0) is 84.0. The number of nitriles is 3. The van der Waals surface area contributed by atoms with Crippen LogP contribution in [0.1, 0.15) is 81.7 Å². The van der Waals surface area contributed by atoms with Crippen molar-refractivity contribution < 1.29 is 79.5 Å². The molecule has 0 spiro atoms. The number of ether oxygens (including phenoxy) is 1. The van der Waals surface area contributed by atoms with Gasteiger partial charge in [-0.25, -0.2) is 32.6 Å². The number of morpholine rings is 1. The van der Waals surface area contributed by atoms with Crippen LogP contribution in [0.25, 0.3) is 40.0 Å². The van der Waals surface area contributed by atoms with Gasteiger partial charge in [0.15, 0.2) is 46.2 Å². The van der Waals surface area contributed by atoms with E-state index in [0.717, 1.165) is 75.9 Å². The number of carboxylic acid groups (broad SMARTS) is 1. The lowest BCUT2D eigenvalue weighted by atomic mass is 10.2. The molecule has 10 aromatic heterocycles. The Kier molecular flexibility index (Phi) is 21.8. The number of aryl methyl sites for hydroxylation is 3. The van der Waals surface area contributed by atoms with Gasteiger partial charge in [-0.3, -0.25) is 43.0 Å². The minimum absolute atomic E-state index is 0.0154. The van der Waals surface area contributed by atoms with E-state index >= 15 is 0 Å². The van der Waals surface area contributed by atoms with Crippen LogP contribution in [-0.4, -0.2) is 206 Å².